The highest BCUT2D eigenvalue weighted by atomic mass is 16.5. The molecule has 0 radical (unpaired) electrons. The van der Waals surface area contributed by atoms with Crippen molar-refractivity contribution in [3.63, 3.8) is 0 Å². The van der Waals surface area contributed by atoms with Gasteiger partial charge in [0, 0.05) is 19.4 Å². The predicted octanol–water partition coefficient (Wildman–Crippen LogP) is 3.43. The second-order valence-electron chi connectivity index (χ2n) is 4.98. The highest BCUT2D eigenvalue weighted by molar-refractivity contribution is 6.06. The van der Waals surface area contributed by atoms with Crippen molar-refractivity contribution < 1.29 is 23.9 Å². The van der Waals surface area contributed by atoms with Gasteiger partial charge in [0.15, 0.2) is 5.78 Å². The predicted molar refractivity (Wildman–Crippen MR) is 88.9 cm³/mol. The third kappa shape index (κ3) is 5.21. The molecule has 0 aliphatic rings. The maximum absolute atomic E-state index is 12.1. The summed E-state index contributed by atoms with van der Waals surface area (Å²) in [6.45, 7) is 2.65. The SMILES string of the molecule is CC(=O)Oc1ccc(/C=C/C(=O)c2ccc(OC(C)=O)cc2)cc1. The summed E-state index contributed by atoms with van der Waals surface area (Å²) in [4.78, 5) is 33.8. The van der Waals surface area contributed by atoms with Crippen LogP contribution in [-0.2, 0) is 9.59 Å². The van der Waals surface area contributed by atoms with E-state index in [1.165, 1.54) is 19.9 Å². The Bertz CT molecular complexity index is 770. The molecule has 0 aliphatic heterocycles. The number of carbonyl (C=O) groups is 3. The number of hydrogen-bond donors (Lipinski definition) is 0. The van der Waals surface area contributed by atoms with E-state index in [1.807, 2.05) is 0 Å². The van der Waals surface area contributed by atoms with Crippen LogP contribution in [0.15, 0.2) is 54.6 Å². The van der Waals surface area contributed by atoms with Gasteiger partial charge in [-0.3, -0.25) is 14.4 Å². The average molecular weight is 324 g/mol. The number of ketones is 1. The van der Waals surface area contributed by atoms with Crippen molar-refractivity contribution in [3.05, 3.63) is 65.7 Å². The smallest absolute Gasteiger partial charge is 0.308 e. The van der Waals surface area contributed by atoms with Crippen molar-refractivity contribution in [1.29, 1.82) is 0 Å². The fourth-order valence-electron chi connectivity index (χ4n) is 1.93. The summed E-state index contributed by atoms with van der Waals surface area (Å²) >= 11 is 0. The molecule has 0 amide bonds. The Hall–Kier alpha value is -3.21. The molecule has 0 bridgehead atoms. The molecule has 24 heavy (non-hydrogen) atoms. The average Bonchev–Trinajstić information content (AvgIpc) is 2.53. The molecule has 0 N–H and O–H groups in total. The van der Waals surface area contributed by atoms with Crippen LogP contribution < -0.4 is 9.47 Å². The highest BCUT2D eigenvalue weighted by Gasteiger charge is 2.04. The van der Waals surface area contributed by atoms with E-state index >= 15 is 0 Å². The van der Waals surface area contributed by atoms with Gasteiger partial charge in [0.05, 0.1) is 0 Å². The van der Waals surface area contributed by atoms with Crippen molar-refractivity contribution in [2.24, 2.45) is 0 Å². The van der Waals surface area contributed by atoms with Crippen LogP contribution in [-0.4, -0.2) is 17.7 Å². The second kappa shape index (κ2) is 7.87. The number of rotatable bonds is 5. The van der Waals surface area contributed by atoms with Gasteiger partial charge >= 0.3 is 11.9 Å². The molecule has 0 atom stereocenters. The van der Waals surface area contributed by atoms with Gasteiger partial charge in [-0.2, -0.15) is 0 Å². The van der Waals surface area contributed by atoms with Crippen LogP contribution >= 0.6 is 0 Å². The minimum absolute atomic E-state index is 0.173. The topological polar surface area (TPSA) is 69.7 Å². The van der Waals surface area contributed by atoms with E-state index in [-0.39, 0.29) is 11.8 Å². The number of hydrogen-bond acceptors (Lipinski definition) is 5. The molecule has 5 heteroatoms. The van der Waals surface area contributed by atoms with Gasteiger partial charge in [-0.25, -0.2) is 0 Å². The number of benzene rings is 2. The molecule has 0 aliphatic carbocycles. The summed E-state index contributed by atoms with van der Waals surface area (Å²) in [6, 6.07) is 13.1. The molecule has 2 aromatic carbocycles. The van der Waals surface area contributed by atoms with Crippen molar-refractivity contribution in [2.45, 2.75) is 13.8 Å². The lowest BCUT2D eigenvalue weighted by Gasteiger charge is -2.02. The molecule has 122 valence electrons. The first-order chi connectivity index (χ1) is 11.4. The van der Waals surface area contributed by atoms with E-state index in [0.29, 0.717) is 17.1 Å². The van der Waals surface area contributed by atoms with E-state index in [1.54, 1.807) is 54.6 Å². The monoisotopic (exact) mass is 324 g/mol. The van der Waals surface area contributed by atoms with Crippen LogP contribution in [0.5, 0.6) is 11.5 Å². The lowest BCUT2D eigenvalue weighted by Crippen LogP contribution is -2.01. The van der Waals surface area contributed by atoms with Gasteiger partial charge in [0.2, 0.25) is 0 Å². The third-order valence-electron chi connectivity index (χ3n) is 2.97. The minimum Gasteiger partial charge on any atom is -0.427 e. The highest BCUT2D eigenvalue weighted by Crippen LogP contribution is 2.15. The summed E-state index contributed by atoms with van der Waals surface area (Å²) in [5.74, 6) is -0.124. The molecular formula is C19H16O5. The van der Waals surface area contributed by atoms with Crippen molar-refractivity contribution >= 4 is 23.8 Å². The third-order valence-corrected chi connectivity index (χ3v) is 2.97. The van der Waals surface area contributed by atoms with Crippen molar-refractivity contribution in [1.82, 2.24) is 0 Å². The fraction of sp³-hybridized carbons (Fsp3) is 0.105. The zero-order chi connectivity index (χ0) is 17.5. The summed E-state index contributed by atoms with van der Waals surface area (Å²) < 4.78 is 9.85. The molecule has 0 saturated heterocycles. The Morgan fingerprint density at radius 1 is 0.750 bits per heavy atom. The summed E-state index contributed by atoms with van der Waals surface area (Å²) in [5, 5.41) is 0. The van der Waals surface area contributed by atoms with Gasteiger partial charge in [0.1, 0.15) is 11.5 Å². The fourth-order valence-corrected chi connectivity index (χ4v) is 1.93. The van der Waals surface area contributed by atoms with Crippen LogP contribution in [0.25, 0.3) is 6.08 Å². The molecule has 2 aromatic rings. The zero-order valence-corrected chi connectivity index (χ0v) is 13.3. The first kappa shape index (κ1) is 17.1. The van der Waals surface area contributed by atoms with Gasteiger partial charge < -0.3 is 9.47 Å². The van der Waals surface area contributed by atoms with E-state index in [9.17, 15) is 14.4 Å². The largest absolute Gasteiger partial charge is 0.427 e. The zero-order valence-electron chi connectivity index (χ0n) is 13.3. The molecule has 0 unspecified atom stereocenters. The van der Waals surface area contributed by atoms with Crippen LogP contribution in [0.4, 0.5) is 0 Å². The van der Waals surface area contributed by atoms with E-state index in [0.717, 1.165) is 5.56 Å². The molecule has 0 aromatic heterocycles. The summed E-state index contributed by atoms with van der Waals surface area (Å²) in [5.41, 5.74) is 1.29. The first-order valence-electron chi connectivity index (χ1n) is 7.23. The minimum atomic E-state index is -0.411. The van der Waals surface area contributed by atoms with Crippen LogP contribution in [0, 0.1) is 0 Å². The van der Waals surface area contributed by atoms with Gasteiger partial charge in [-0.05, 0) is 48.0 Å². The normalized spacial score (nSPS) is 10.4. The van der Waals surface area contributed by atoms with E-state index in [2.05, 4.69) is 0 Å². The first-order valence-corrected chi connectivity index (χ1v) is 7.23. The van der Waals surface area contributed by atoms with Crippen LogP contribution in [0.3, 0.4) is 0 Å². The van der Waals surface area contributed by atoms with Crippen molar-refractivity contribution in [2.75, 3.05) is 0 Å². The molecule has 0 saturated carbocycles. The molecule has 5 nitrogen and oxygen atoms in total. The molecule has 0 fully saturated rings. The van der Waals surface area contributed by atoms with Crippen molar-refractivity contribution in [3.8, 4) is 11.5 Å². The number of esters is 2. The molecule has 0 heterocycles. The van der Waals surface area contributed by atoms with E-state index < -0.39 is 5.97 Å². The molecule has 0 spiro atoms. The maximum Gasteiger partial charge on any atom is 0.308 e. The molecule has 2 rings (SSSR count). The number of allylic oxidation sites excluding steroid dienone is 1. The second-order valence-corrected chi connectivity index (χ2v) is 4.98. The molecular weight excluding hydrogens is 308 g/mol. The summed E-state index contributed by atoms with van der Waals surface area (Å²) in [7, 11) is 0. The van der Waals surface area contributed by atoms with E-state index in [4.69, 9.17) is 9.47 Å². The van der Waals surface area contributed by atoms with Gasteiger partial charge in [0.25, 0.3) is 0 Å². The van der Waals surface area contributed by atoms with Crippen LogP contribution in [0.1, 0.15) is 29.8 Å². The Labute approximate surface area is 139 Å². The number of ether oxygens (including phenoxy) is 2. The lowest BCUT2D eigenvalue weighted by molar-refractivity contribution is -0.132. The van der Waals surface area contributed by atoms with Gasteiger partial charge in [-0.15, -0.1) is 0 Å². The Balaban J connectivity index is 2.01. The lowest BCUT2D eigenvalue weighted by atomic mass is 10.1. The standard InChI is InChI=1S/C19H16O5/c1-13(20)23-17-8-3-15(4-9-17)5-12-19(22)16-6-10-18(11-7-16)24-14(2)21/h3-12H,1-2H3/b12-5+. The van der Waals surface area contributed by atoms with Gasteiger partial charge in [-0.1, -0.05) is 18.2 Å². The Morgan fingerprint density at radius 3 is 1.67 bits per heavy atom. The summed E-state index contributed by atoms with van der Waals surface area (Å²) in [6.07, 6.45) is 3.11. The quantitative estimate of drug-likeness (QED) is 0.365. The maximum atomic E-state index is 12.1. The Kier molecular flexibility index (Phi) is 5.63. The Morgan fingerprint density at radius 2 is 1.21 bits per heavy atom. The van der Waals surface area contributed by atoms with Crippen LogP contribution in [0.2, 0.25) is 0 Å². The number of carbonyl (C=O) groups excluding carboxylic acids is 3.